The van der Waals surface area contributed by atoms with Crippen LogP contribution >= 0.6 is 0 Å². The van der Waals surface area contributed by atoms with E-state index in [1.54, 1.807) is 0 Å². The van der Waals surface area contributed by atoms with Crippen LogP contribution in [0.2, 0.25) is 0 Å². The number of methoxy groups -OCH3 is 1. The Bertz CT molecular complexity index is 267. The molecule has 2 aliphatic rings. The van der Waals surface area contributed by atoms with Crippen LogP contribution in [-0.2, 0) is 19.1 Å². The molecule has 1 aliphatic carbocycles. The molecule has 0 N–H and O–H groups in total. The van der Waals surface area contributed by atoms with Crippen LogP contribution in [0, 0.1) is 11.3 Å². The lowest BCUT2D eigenvalue weighted by Gasteiger charge is -2.44. The molecule has 4 heteroatoms. The van der Waals surface area contributed by atoms with E-state index in [4.69, 9.17) is 4.74 Å². The number of esters is 1. The third-order valence-corrected chi connectivity index (χ3v) is 3.20. The van der Waals surface area contributed by atoms with Crippen molar-refractivity contribution in [2.24, 2.45) is 11.3 Å². The summed E-state index contributed by atoms with van der Waals surface area (Å²) < 4.78 is 9.71. The van der Waals surface area contributed by atoms with E-state index >= 15 is 0 Å². The molecule has 78 valence electrons. The van der Waals surface area contributed by atoms with Gasteiger partial charge in [0.25, 0.3) is 0 Å². The lowest BCUT2D eigenvalue weighted by Crippen LogP contribution is -2.49. The average molecular weight is 198 g/mol. The molecule has 0 amide bonds. The molecule has 2 rings (SSSR count). The highest BCUT2D eigenvalue weighted by molar-refractivity contribution is 5.99. The van der Waals surface area contributed by atoms with Crippen LogP contribution in [-0.4, -0.2) is 32.1 Å². The van der Waals surface area contributed by atoms with Crippen molar-refractivity contribution >= 4 is 11.8 Å². The van der Waals surface area contributed by atoms with Gasteiger partial charge in [0.05, 0.1) is 20.3 Å². The minimum Gasteiger partial charge on any atom is -0.468 e. The minimum absolute atomic E-state index is 0.0198. The fourth-order valence-electron chi connectivity index (χ4n) is 2.22. The first kappa shape index (κ1) is 9.65. The Morgan fingerprint density at radius 2 is 2.29 bits per heavy atom. The van der Waals surface area contributed by atoms with E-state index in [2.05, 4.69) is 4.74 Å². The first-order valence-electron chi connectivity index (χ1n) is 4.85. The molecule has 2 fully saturated rings. The second kappa shape index (κ2) is 3.35. The minimum atomic E-state index is -0.522. The van der Waals surface area contributed by atoms with Crippen molar-refractivity contribution in [1.29, 1.82) is 0 Å². The first-order chi connectivity index (χ1) is 6.67. The van der Waals surface area contributed by atoms with E-state index in [0.717, 1.165) is 6.42 Å². The van der Waals surface area contributed by atoms with E-state index in [0.29, 0.717) is 26.1 Å². The monoisotopic (exact) mass is 198 g/mol. The van der Waals surface area contributed by atoms with E-state index in [-0.39, 0.29) is 17.2 Å². The Morgan fingerprint density at radius 3 is 2.71 bits per heavy atom. The van der Waals surface area contributed by atoms with Crippen LogP contribution in [0.1, 0.15) is 19.3 Å². The summed E-state index contributed by atoms with van der Waals surface area (Å²) in [6.07, 6.45) is 2.00. The van der Waals surface area contributed by atoms with E-state index in [9.17, 15) is 9.59 Å². The maximum absolute atomic E-state index is 11.6. The lowest BCUT2D eigenvalue weighted by atomic mass is 9.68. The Morgan fingerprint density at radius 1 is 1.57 bits per heavy atom. The molecule has 1 aliphatic heterocycles. The maximum Gasteiger partial charge on any atom is 0.316 e. The molecule has 1 spiro atoms. The van der Waals surface area contributed by atoms with Crippen LogP contribution < -0.4 is 0 Å². The Balaban J connectivity index is 2.00. The molecule has 1 heterocycles. The van der Waals surface area contributed by atoms with Gasteiger partial charge in [0.1, 0.15) is 11.7 Å². The van der Waals surface area contributed by atoms with Crippen molar-refractivity contribution in [3.8, 4) is 0 Å². The highest BCUT2D eigenvalue weighted by Gasteiger charge is 2.47. The molecule has 1 saturated heterocycles. The number of carbonyl (C=O) groups excluding carboxylic acids is 2. The molecule has 0 aromatic carbocycles. The van der Waals surface area contributed by atoms with Crippen LogP contribution in [0.3, 0.4) is 0 Å². The maximum atomic E-state index is 11.6. The fraction of sp³-hybridized carbons (Fsp3) is 0.800. The first-order valence-corrected chi connectivity index (χ1v) is 4.85. The van der Waals surface area contributed by atoms with Crippen molar-refractivity contribution in [2.45, 2.75) is 19.3 Å². The summed E-state index contributed by atoms with van der Waals surface area (Å²) in [5.41, 5.74) is 0.0571. The van der Waals surface area contributed by atoms with Gasteiger partial charge < -0.3 is 9.47 Å². The molecule has 0 radical (unpaired) electrons. The Kier molecular flexibility index (Phi) is 2.31. The molecule has 4 nitrogen and oxygen atoms in total. The third-order valence-electron chi connectivity index (χ3n) is 3.20. The van der Waals surface area contributed by atoms with Crippen LogP contribution in [0.5, 0.6) is 0 Å². The van der Waals surface area contributed by atoms with Gasteiger partial charge in [-0.2, -0.15) is 0 Å². The molecule has 1 unspecified atom stereocenters. The molecule has 1 saturated carbocycles. The van der Waals surface area contributed by atoms with Gasteiger partial charge >= 0.3 is 5.97 Å². The molecule has 0 bridgehead atoms. The zero-order chi connectivity index (χ0) is 10.2. The quantitative estimate of drug-likeness (QED) is 0.456. The number of hydrogen-bond acceptors (Lipinski definition) is 4. The van der Waals surface area contributed by atoms with Crippen molar-refractivity contribution < 1.29 is 19.1 Å². The number of rotatable bonds is 1. The van der Waals surface area contributed by atoms with E-state index < -0.39 is 5.92 Å². The number of carbonyl (C=O) groups is 2. The summed E-state index contributed by atoms with van der Waals surface area (Å²) in [5, 5.41) is 0. The van der Waals surface area contributed by atoms with Crippen LogP contribution in [0.15, 0.2) is 0 Å². The Labute approximate surface area is 82.6 Å². The standard InChI is InChI=1S/C10H14O4/c1-13-9(12)7-2-3-10(4-8(7)11)5-14-6-10/h7H,2-6H2,1H3. The third kappa shape index (κ3) is 1.43. The summed E-state index contributed by atoms with van der Waals surface area (Å²) in [5.74, 6) is -0.886. The fourth-order valence-corrected chi connectivity index (χ4v) is 2.22. The highest BCUT2D eigenvalue weighted by Crippen LogP contribution is 2.42. The van der Waals surface area contributed by atoms with Gasteiger partial charge in [-0.15, -0.1) is 0 Å². The van der Waals surface area contributed by atoms with Gasteiger partial charge in [-0.1, -0.05) is 0 Å². The summed E-state index contributed by atoms with van der Waals surface area (Å²) in [6, 6.07) is 0. The predicted octanol–water partition coefficient (Wildman–Crippen LogP) is 0.545. The van der Waals surface area contributed by atoms with Crippen molar-refractivity contribution in [3.63, 3.8) is 0 Å². The van der Waals surface area contributed by atoms with E-state index in [1.165, 1.54) is 7.11 Å². The van der Waals surface area contributed by atoms with Gasteiger partial charge in [0.2, 0.25) is 0 Å². The summed E-state index contributed by atoms with van der Waals surface area (Å²) >= 11 is 0. The topological polar surface area (TPSA) is 52.6 Å². The summed E-state index contributed by atoms with van der Waals surface area (Å²) in [7, 11) is 1.33. The number of ether oxygens (including phenoxy) is 2. The second-order valence-electron chi connectivity index (χ2n) is 4.25. The van der Waals surface area contributed by atoms with Gasteiger partial charge in [-0.05, 0) is 12.8 Å². The van der Waals surface area contributed by atoms with Gasteiger partial charge in [-0.3, -0.25) is 9.59 Å². The van der Waals surface area contributed by atoms with E-state index in [1.807, 2.05) is 0 Å². The molecule has 1 atom stereocenters. The molecule has 0 aromatic heterocycles. The highest BCUT2D eigenvalue weighted by atomic mass is 16.5. The largest absolute Gasteiger partial charge is 0.468 e. The summed E-state index contributed by atoms with van der Waals surface area (Å²) in [6.45, 7) is 1.35. The number of ketones is 1. The van der Waals surface area contributed by atoms with Crippen molar-refractivity contribution in [3.05, 3.63) is 0 Å². The van der Waals surface area contributed by atoms with Gasteiger partial charge in [0, 0.05) is 11.8 Å². The van der Waals surface area contributed by atoms with Crippen LogP contribution in [0.25, 0.3) is 0 Å². The zero-order valence-corrected chi connectivity index (χ0v) is 8.25. The number of Topliss-reactive ketones (excluding diaryl/α,β-unsaturated/α-hetero) is 1. The second-order valence-corrected chi connectivity index (χ2v) is 4.25. The molecule has 0 aromatic rings. The SMILES string of the molecule is COC(=O)C1CCC2(COC2)CC1=O. The lowest BCUT2D eigenvalue weighted by molar-refractivity contribution is -0.166. The van der Waals surface area contributed by atoms with Gasteiger partial charge in [-0.25, -0.2) is 0 Å². The van der Waals surface area contributed by atoms with Gasteiger partial charge in [0.15, 0.2) is 0 Å². The zero-order valence-electron chi connectivity index (χ0n) is 8.25. The molecule has 14 heavy (non-hydrogen) atoms. The van der Waals surface area contributed by atoms with Crippen LogP contribution in [0.4, 0.5) is 0 Å². The average Bonchev–Trinajstić information content (AvgIpc) is 2.14. The van der Waals surface area contributed by atoms with Crippen molar-refractivity contribution in [1.82, 2.24) is 0 Å². The summed E-state index contributed by atoms with van der Waals surface area (Å²) in [4.78, 5) is 22.9. The van der Waals surface area contributed by atoms with Crippen molar-refractivity contribution in [2.75, 3.05) is 20.3 Å². The number of hydrogen-bond donors (Lipinski definition) is 0. The predicted molar refractivity (Wildman–Crippen MR) is 47.6 cm³/mol. The smallest absolute Gasteiger partial charge is 0.316 e. The molecular weight excluding hydrogens is 184 g/mol. The molecular formula is C10H14O4. The Hall–Kier alpha value is -0.900. The normalized spacial score (nSPS) is 29.8.